The fourth-order valence-corrected chi connectivity index (χ4v) is 4.61. The Kier molecular flexibility index (Phi) is 5.75. The first-order valence-electron chi connectivity index (χ1n) is 10.1. The molecule has 0 aromatic heterocycles. The summed E-state index contributed by atoms with van der Waals surface area (Å²) < 4.78 is 30.7. The quantitative estimate of drug-likeness (QED) is 0.577. The molecule has 1 heterocycles. The number of nitrogens with one attached hydrogen (secondary N) is 2. The number of rotatable bonds is 5. The molecule has 0 bridgehead atoms. The van der Waals surface area contributed by atoms with E-state index in [-0.39, 0.29) is 0 Å². The van der Waals surface area contributed by atoms with E-state index in [1.54, 1.807) is 25.1 Å². The maximum absolute atomic E-state index is 12.5. The van der Waals surface area contributed by atoms with Gasteiger partial charge < -0.3 is 4.74 Å². The van der Waals surface area contributed by atoms with E-state index in [0.717, 1.165) is 22.6 Å². The van der Waals surface area contributed by atoms with Crippen molar-refractivity contribution in [2.45, 2.75) is 19.4 Å². The number of carbonyl (C=O) groups is 2. The first kappa shape index (κ1) is 21.6. The van der Waals surface area contributed by atoms with Gasteiger partial charge in [0, 0.05) is 12.1 Å². The van der Waals surface area contributed by atoms with Crippen LogP contribution in [-0.2, 0) is 21.2 Å². The van der Waals surface area contributed by atoms with E-state index in [1.165, 1.54) is 10.4 Å². The first-order chi connectivity index (χ1) is 15.2. The van der Waals surface area contributed by atoms with Gasteiger partial charge in [0.15, 0.2) is 6.10 Å². The number of benzene rings is 3. The zero-order valence-electron chi connectivity index (χ0n) is 17.7. The molecule has 4 rings (SSSR count). The lowest BCUT2D eigenvalue weighted by molar-refractivity contribution is -0.128. The number of fused-ring (bicyclic) bond motifs is 2. The summed E-state index contributed by atoms with van der Waals surface area (Å²) in [4.78, 5) is 24.8. The minimum Gasteiger partial charge on any atom is -0.481 e. The van der Waals surface area contributed by atoms with E-state index in [2.05, 4.69) is 10.9 Å². The van der Waals surface area contributed by atoms with Crippen molar-refractivity contribution < 1.29 is 22.7 Å². The number of hydrazine groups is 1. The molecule has 0 radical (unpaired) electrons. The Morgan fingerprint density at radius 3 is 2.50 bits per heavy atom. The Morgan fingerprint density at radius 1 is 1.00 bits per heavy atom. The van der Waals surface area contributed by atoms with Crippen LogP contribution in [0.1, 0.15) is 22.8 Å². The summed E-state index contributed by atoms with van der Waals surface area (Å²) in [6, 6.07) is 18.1. The van der Waals surface area contributed by atoms with E-state index in [4.69, 9.17) is 4.74 Å². The zero-order chi connectivity index (χ0) is 22.9. The SMILES string of the molecule is CC(Oc1ccc2ccccc2c1)C(=O)NNC(=O)c1ccc2c(c1)CCN2S(C)(=O)=O. The third-order valence-electron chi connectivity index (χ3n) is 5.30. The minimum absolute atomic E-state index is 0.322. The van der Waals surface area contributed by atoms with Gasteiger partial charge in [0.25, 0.3) is 11.8 Å². The second-order valence-electron chi connectivity index (χ2n) is 7.64. The number of carbonyl (C=O) groups excluding carboxylic acids is 2. The lowest BCUT2D eigenvalue weighted by atomic mass is 10.1. The lowest BCUT2D eigenvalue weighted by Gasteiger charge is -2.17. The van der Waals surface area contributed by atoms with Crippen LogP contribution in [0.3, 0.4) is 0 Å². The molecule has 1 aliphatic heterocycles. The number of ether oxygens (including phenoxy) is 1. The third-order valence-corrected chi connectivity index (χ3v) is 6.48. The molecule has 0 fully saturated rings. The van der Waals surface area contributed by atoms with Crippen molar-refractivity contribution in [3.05, 3.63) is 71.8 Å². The van der Waals surface area contributed by atoms with Gasteiger partial charge in [0.05, 0.1) is 11.9 Å². The topological polar surface area (TPSA) is 105 Å². The molecule has 2 amide bonds. The highest BCUT2D eigenvalue weighted by molar-refractivity contribution is 7.92. The highest BCUT2D eigenvalue weighted by Crippen LogP contribution is 2.30. The number of amides is 2. The molecule has 8 nitrogen and oxygen atoms in total. The number of nitrogens with zero attached hydrogens (tertiary/aromatic N) is 1. The standard InChI is InChI=1S/C23H23N3O5S/c1-15(31-20-9-7-16-5-3-4-6-17(16)14-20)22(27)24-25-23(28)19-8-10-21-18(13-19)11-12-26(21)32(2,29)30/h3-10,13-15H,11-12H2,1-2H3,(H,24,27)(H,25,28). The average molecular weight is 454 g/mol. The molecular weight excluding hydrogens is 430 g/mol. The van der Waals surface area contributed by atoms with Gasteiger partial charge >= 0.3 is 0 Å². The van der Waals surface area contributed by atoms with E-state index < -0.39 is 27.9 Å². The van der Waals surface area contributed by atoms with E-state index in [1.807, 2.05) is 36.4 Å². The van der Waals surface area contributed by atoms with Gasteiger partial charge in [-0.2, -0.15) is 0 Å². The zero-order valence-corrected chi connectivity index (χ0v) is 18.5. The van der Waals surface area contributed by atoms with Crippen LogP contribution in [0.4, 0.5) is 5.69 Å². The summed E-state index contributed by atoms with van der Waals surface area (Å²) in [6.45, 7) is 1.94. The molecule has 0 saturated heterocycles. The minimum atomic E-state index is -3.36. The monoisotopic (exact) mass is 453 g/mol. The molecule has 3 aromatic rings. The largest absolute Gasteiger partial charge is 0.481 e. The first-order valence-corrected chi connectivity index (χ1v) is 11.9. The van der Waals surface area contributed by atoms with Gasteiger partial charge in [0.2, 0.25) is 10.0 Å². The summed E-state index contributed by atoms with van der Waals surface area (Å²) >= 11 is 0. The molecule has 0 saturated carbocycles. The van der Waals surface area contributed by atoms with E-state index >= 15 is 0 Å². The van der Waals surface area contributed by atoms with Crippen molar-refractivity contribution in [1.82, 2.24) is 10.9 Å². The van der Waals surface area contributed by atoms with E-state index in [0.29, 0.717) is 30.0 Å². The molecule has 9 heteroatoms. The van der Waals surface area contributed by atoms with Crippen LogP contribution in [0.2, 0.25) is 0 Å². The van der Waals surface area contributed by atoms with Crippen molar-refractivity contribution in [2.24, 2.45) is 0 Å². The second kappa shape index (κ2) is 8.51. The fourth-order valence-electron chi connectivity index (χ4n) is 3.65. The maximum Gasteiger partial charge on any atom is 0.279 e. The second-order valence-corrected chi connectivity index (χ2v) is 9.55. The van der Waals surface area contributed by atoms with E-state index in [9.17, 15) is 18.0 Å². The van der Waals surface area contributed by atoms with Crippen molar-refractivity contribution >= 4 is 38.3 Å². The smallest absolute Gasteiger partial charge is 0.279 e. The molecule has 0 spiro atoms. The molecule has 0 aliphatic carbocycles. The number of anilines is 1. The lowest BCUT2D eigenvalue weighted by Crippen LogP contribution is -2.47. The van der Waals surface area contributed by atoms with Crippen molar-refractivity contribution in [1.29, 1.82) is 0 Å². The van der Waals surface area contributed by atoms with Gasteiger partial charge in [-0.15, -0.1) is 0 Å². The number of hydrogen-bond acceptors (Lipinski definition) is 5. The maximum atomic E-state index is 12.5. The predicted octanol–water partition coefficient (Wildman–Crippen LogP) is 2.39. The van der Waals surface area contributed by atoms with Gasteiger partial charge in [-0.1, -0.05) is 30.3 Å². The van der Waals surface area contributed by atoms with Gasteiger partial charge in [0.1, 0.15) is 5.75 Å². The van der Waals surface area contributed by atoms with Crippen LogP contribution in [-0.4, -0.2) is 39.1 Å². The Morgan fingerprint density at radius 2 is 1.75 bits per heavy atom. The molecule has 3 aromatic carbocycles. The number of sulfonamides is 1. The summed E-state index contributed by atoms with van der Waals surface area (Å²) in [5, 5.41) is 2.06. The molecule has 32 heavy (non-hydrogen) atoms. The Bertz CT molecular complexity index is 1310. The average Bonchev–Trinajstić information content (AvgIpc) is 3.21. The Labute approximate surface area is 186 Å². The van der Waals surface area contributed by atoms with Crippen molar-refractivity contribution in [3.8, 4) is 5.75 Å². The molecule has 2 N–H and O–H groups in total. The van der Waals surface area contributed by atoms with Crippen LogP contribution >= 0.6 is 0 Å². The Balaban J connectivity index is 1.35. The van der Waals surface area contributed by atoms with Crippen LogP contribution in [0, 0.1) is 0 Å². The summed E-state index contributed by atoms with van der Waals surface area (Å²) in [6.07, 6.45) is 0.839. The summed E-state index contributed by atoms with van der Waals surface area (Å²) in [7, 11) is -3.36. The highest BCUT2D eigenvalue weighted by Gasteiger charge is 2.27. The van der Waals surface area contributed by atoms with Gasteiger partial charge in [-0.25, -0.2) is 8.42 Å². The van der Waals surface area contributed by atoms with Crippen molar-refractivity contribution in [2.75, 3.05) is 17.1 Å². The summed E-state index contributed by atoms with van der Waals surface area (Å²) in [5.41, 5.74) is 6.41. The fraction of sp³-hybridized carbons (Fsp3) is 0.217. The molecule has 1 atom stereocenters. The van der Waals surface area contributed by atoms with Crippen LogP contribution in [0.5, 0.6) is 5.75 Å². The van der Waals surface area contributed by atoms with Crippen LogP contribution < -0.4 is 19.9 Å². The summed E-state index contributed by atoms with van der Waals surface area (Å²) in [5.74, 6) is -0.459. The van der Waals surface area contributed by atoms with Crippen LogP contribution in [0.25, 0.3) is 10.8 Å². The van der Waals surface area contributed by atoms with Gasteiger partial charge in [-0.3, -0.25) is 24.7 Å². The van der Waals surface area contributed by atoms with Crippen LogP contribution in [0.15, 0.2) is 60.7 Å². The number of hydrogen-bond donors (Lipinski definition) is 2. The third kappa shape index (κ3) is 4.52. The van der Waals surface area contributed by atoms with Gasteiger partial charge in [-0.05, 0) is 60.0 Å². The molecule has 1 aliphatic rings. The van der Waals surface area contributed by atoms with Crippen molar-refractivity contribution in [3.63, 3.8) is 0 Å². The Hall–Kier alpha value is -3.59. The highest BCUT2D eigenvalue weighted by atomic mass is 32.2. The predicted molar refractivity (Wildman–Crippen MR) is 122 cm³/mol. The molecule has 1 unspecified atom stereocenters. The normalized spacial score (nSPS) is 14.0. The molecule has 166 valence electrons. The molecular formula is C23H23N3O5S.